The van der Waals surface area contributed by atoms with Gasteiger partial charge in [0.05, 0.1) is 61.5 Å². The van der Waals surface area contributed by atoms with Crippen LogP contribution in [0.1, 0.15) is 136 Å². The number of likely N-dealkylation sites (tertiary alicyclic amines) is 1. The third kappa shape index (κ3) is 36.2. The normalized spacial score (nSPS) is 18.1. The lowest BCUT2D eigenvalue weighted by Gasteiger charge is -2.26. The molecule has 1 heterocycles. The summed E-state index contributed by atoms with van der Waals surface area (Å²) < 4.78 is 4.71. The van der Waals surface area contributed by atoms with Crippen LogP contribution in [0.4, 0.5) is 5.69 Å². The fourth-order valence-corrected chi connectivity index (χ4v) is 12.6. The van der Waals surface area contributed by atoms with Crippen LogP contribution < -0.4 is 53.6 Å². The van der Waals surface area contributed by atoms with Gasteiger partial charge < -0.3 is 140 Å². The minimum absolute atomic E-state index is 0.0304. The molecule has 1 saturated heterocycles. The third-order valence-corrected chi connectivity index (χ3v) is 20.2. The summed E-state index contributed by atoms with van der Waals surface area (Å²) in [7, 11) is 0. The molecule has 1 aliphatic heterocycles. The van der Waals surface area contributed by atoms with Crippen molar-refractivity contribution in [1.29, 1.82) is 0 Å². The zero-order valence-corrected chi connectivity index (χ0v) is 66.0. The van der Waals surface area contributed by atoms with Gasteiger partial charge in [0.2, 0.25) is 65.0 Å². The Balaban J connectivity index is 2.33. The minimum Gasteiger partial charge on any atom is -0.480 e. The maximum absolute atomic E-state index is 14.4. The molecule has 1 aliphatic rings. The van der Waals surface area contributed by atoms with E-state index in [1.54, 1.807) is 38.1 Å². The molecule has 1 aromatic rings. The molecule has 2 rings (SSSR count). The van der Waals surface area contributed by atoms with E-state index < -0.39 is 312 Å². The molecule has 0 spiro atoms. The largest absolute Gasteiger partial charge is 0.480 e. The monoisotopic (exact) mass is 1680 g/mol. The number of Topliss-reactive ketones (excluding diaryl/α,β-unsaturated/α-hetero) is 2. The van der Waals surface area contributed by atoms with Crippen LogP contribution in [0.25, 0.3) is 0 Å². The number of imide groups is 1. The predicted molar refractivity (Wildman–Crippen MR) is 405 cm³/mol. The Hall–Kier alpha value is -8.42. The van der Waals surface area contributed by atoms with E-state index in [4.69, 9.17) is 20.7 Å². The highest BCUT2D eigenvalue weighted by Crippen LogP contribution is 2.28. The van der Waals surface area contributed by atoms with Gasteiger partial charge in [-0.1, -0.05) is 46.2 Å². The summed E-state index contributed by atoms with van der Waals surface area (Å²) in [6.07, 6.45) is -29.0. The van der Waals surface area contributed by atoms with E-state index >= 15 is 0 Å². The molecule has 44 heteroatoms. The lowest BCUT2D eigenvalue weighted by Crippen LogP contribution is -2.53. The first-order valence-corrected chi connectivity index (χ1v) is 38.9. The molecule has 1 unspecified atom stereocenters. The number of anilines is 1. The third-order valence-electron chi connectivity index (χ3n) is 18.9. The number of hydrogen-bond acceptors (Lipinski definition) is 33. The summed E-state index contributed by atoms with van der Waals surface area (Å²) in [6, 6.07) is -2.01. The fraction of sp³-hybridized carbons (Fsp3) is 0.708. The van der Waals surface area contributed by atoms with Crippen molar-refractivity contribution < 1.29 is 158 Å². The Morgan fingerprint density at radius 2 is 0.948 bits per heavy atom. The number of hydrogen-bond donors (Lipinski definition) is 26. The van der Waals surface area contributed by atoms with E-state index in [1.165, 1.54) is 20.8 Å². The van der Waals surface area contributed by atoms with Crippen LogP contribution in [0, 0.1) is 17.8 Å². The van der Waals surface area contributed by atoms with E-state index in [2.05, 4.69) is 47.9 Å². The summed E-state index contributed by atoms with van der Waals surface area (Å²) in [5.74, 6) is -16.7. The first kappa shape index (κ1) is 104. The summed E-state index contributed by atoms with van der Waals surface area (Å²) in [6.45, 7) is 2.63. The number of aliphatic hydroxyl groups is 15. The van der Waals surface area contributed by atoms with Crippen LogP contribution in [0.15, 0.2) is 24.3 Å². The van der Waals surface area contributed by atoms with E-state index in [-0.39, 0.29) is 51.7 Å². The maximum Gasteiger partial charge on any atom is 0.327 e. The van der Waals surface area contributed by atoms with Crippen LogP contribution in [0.2, 0.25) is 0 Å². The number of benzene rings is 1. The molecule has 0 bridgehead atoms. The summed E-state index contributed by atoms with van der Waals surface area (Å²) in [5.41, 5.74) is 7.12. The van der Waals surface area contributed by atoms with Crippen molar-refractivity contribution in [2.75, 3.05) is 57.1 Å². The number of ketones is 2. The second-order valence-electron chi connectivity index (χ2n) is 28.4. The molecule has 1 fully saturated rings. The number of carboxylic acids is 1. The van der Waals surface area contributed by atoms with Crippen LogP contribution >= 0.6 is 11.8 Å². The van der Waals surface area contributed by atoms with Gasteiger partial charge in [-0.3, -0.25) is 72.0 Å². The molecule has 0 aromatic heterocycles. The van der Waals surface area contributed by atoms with Crippen LogP contribution in [-0.2, 0) is 83.3 Å². The Labute approximate surface area is 672 Å². The molecule has 27 N–H and O–H groups in total. The minimum atomic E-state index is -2.12. The number of ether oxygens (including phenoxy) is 1. The van der Waals surface area contributed by atoms with Gasteiger partial charge in [-0.2, -0.15) is 0 Å². The quantitative estimate of drug-likeness (QED) is 0.0164. The van der Waals surface area contributed by atoms with Crippen molar-refractivity contribution in [3.8, 4) is 0 Å². The number of aliphatic hydroxyl groups excluding tert-OH is 15. The molecule has 658 valence electrons. The number of nitrogens with one attached hydrogen (secondary N) is 9. The summed E-state index contributed by atoms with van der Waals surface area (Å²) in [5, 5.41) is 179. The van der Waals surface area contributed by atoms with Gasteiger partial charge in [-0.05, 0) is 75.5 Å². The number of carbonyl (C=O) groups excluding carboxylic acids is 14. The number of amides is 11. The zero-order chi connectivity index (χ0) is 87.8. The number of nitrogens with two attached hydrogens (primary N) is 1. The smallest absolute Gasteiger partial charge is 0.327 e. The lowest BCUT2D eigenvalue weighted by atomic mass is 9.90. The zero-order valence-electron chi connectivity index (χ0n) is 65.2. The van der Waals surface area contributed by atoms with Gasteiger partial charge in [-0.15, -0.1) is 11.8 Å². The number of unbranched alkanes of at least 4 members (excludes halogenated alkanes) is 2. The van der Waals surface area contributed by atoms with E-state index in [0.717, 1.165) is 4.90 Å². The van der Waals surface area contributed by atoms with Gasteiger partial charge >= 0.3 is 5.97 Å². The van der Waals surface area contributed by atoms with E-state index in [1.807, 2.05) is 0 Å². The second kappa shape index (κ2) is 53.8. The van der Waals surface area contributed by atoms with Crippen molar-refractivity contribution in [1.82, 2.24) is 47.4 Å². The van der Waals surface area contributed by atoms with Crippen LogP contribution in [0.5, 0.6) is 0 Å². The number of rotatable bonds is 60. The molecule has 11 amide bonds. The molecular weight excluding hydrogens is 1560 g/mol. The van der Waals surface area contributed by atoms with Crippen molar-refractivity contribution in [2.45, 2.75) is 252 Å². The van der Waals surface area contributed by atoms with E-state index in [9.17, 15) is 143 Å². The average molecular weight is 1680 g/mol. The van der Waals surface area contributed by atoms with Gasteiger partial charge in [0, 0.05) is 94.4 Å². The number of thioether (sulfide) groups is 1. The van der Waals surface area contributed by atoms with Crippen LogP contribution in [0.3, 0.4) is 0 Å². The van der Waals surface area contributed by atoms with E-state index in [0.29, 0.717) is 35.9 Å². The van der Waals surface area contributed by atoms with Crippen molar-refractivity contribution >= 4 is 106 Å². The number of nitrogens with zero attached hydrogens (tertiary/aromatic N) is 1. The molecule has 43 nitrogen and oxygen atoms in total. The standard InChI is InChI=1S/C72H117N11O32S/c1-6-42(79-67(108)38(14-19-54(96)74-26-47(90)60(101)63(104)50(93)29-84)23-46(89)43(7-2)80-69(110)41(73)18-21-56(98)76-28-49(92)62(103)65(106)52(95)31-86)45(88)24-39(15-20-55(97)75-27-48(91)61(102)64(105)51(94)30-85)68(109)81-44(72(113)114)33-116-53-25-58(100)83(71(53)112)22-10-8-9-11-57(99)82-59(35(3)4)70(111)77-36(5)66(107)78-40-16-12-37(13-17-40)32-115-34-87/h12-13,16-17,34-36,38-39,41-44,47-53,59-65,84-86,90-95,101-106H,6-11,14-15,18-33,73H2,1-5H3,(H,74,96)(H,75,97)(H,76,98)(H,77,111)(H,78,107)(H,79,108)(H,80,110)(H,81,109)(H,82,99)(H,113,114)/t36-,38+,39+,41-,42+,43+,44+,47-,48-,49-,50+,51+,52+,53?,59-,60+,61+,62+,63+,64+,65+/m0/s1. The topological polar surface area (TPSA) is 726 Å². The second-order valence-corrected chi connectivity index (χ2v) is 29.7. The average Bonchev–Trinajstić information content (AvgIpc) is 1.69. The summed E-state index contributed by atoms with van der Waals surface area (Å²) >= 11 is 0.693. The molecule has 0 aliphatic carbocycles. The SMILES string of the molecule is CC[C@@H](NC(=O)[C@H](CCC(=O)NC[C@H](O)[C@@H](O)[C@H](O)[C@H](O)CO)CC(=O)[C@@H](CC)NC(=O)[C@@H](N)CCC(=O)NC[C@H](O)[C@@H](O)[C@H](O)[C@H](O)CO)C(=O)C[C@@H](CCC(=O)NC[C@H](O)[C@@H](O)[C@H](O)[C@H](O)CO)C(=O)N[C@H](CSC1CC(=O)N(CCCCCC(=O)N[C@H](C(=O)N[C@@H](C)C(=O)Nc2ccc(COC=O)cc2)C(C)C)C1=O)C(=O)O. The highest BCUT2D eigenvalue weighted by molar-refractivity contribution is 8.00. The highest BCUT2D eigenvalue weighted by Gasteiger charge is 2.41. The van der Waals surface area contributed by atoms with Gasteiger partial charge in [0.25, 0.3) is 6.47 Å². The summed E-state index contributed by atoms with van der Waals surface area (Å²) in [4.78, 5) is 200. The molecule has 0 saturated carbocycles. The number of carbonyl (C=O) groups is 15. The lowest BCUT2D eigenvalue weighted by molar-refractivity contribution is -0.142. The Morgan fingerprint density at radius 3 is 1.36 bits per heavy atom. The Morgan fingerprint density at radius 1 is 0.526 bits per heavy atom. The number of carboxylic acid groups (broad SMARTS) is 1. The van der Waals surface area contributed by atoms with Crippen molar-refractivity contribution in [3.63, 3.8) is 0 Å². The van der Waals surface area contributed by atoms with Gasteiger partial charge in [-0.25, -0.2) is 4.79 Å². The first-order chi connectivity index (χ1) is 54.6. The fourth-order valence-electron chi connectivity index (χ4n) is 11.5. The van der Waals surface area contributed by atoms with Crippen molar-refractivity contribution in [2.24, 2.45) is 23.5 Å². The molecule has 1 aromatic carbocycles. The maximum atomic E-state index is 14.4. The Bertz CT molecular complexity index is 3350. The van der Waals surface area contributed by atoms with Gasteiger partial charge in [0.1, 0.15) is 79.7 Å². The van der Waals surface area contributed by atoms with Crippen molar-refractivity contribution in [3.05, 3.63) is 29.8 Å². The predicted octanol–water partition coefficient (Wildman–Crippen LogP) is -9.80. The number of aliphatic carboxylic acids is 1. The van der Waals surface area contributed by atoms with Gasteiger partial charge in [0.15, 0.2) is 11.6 Å². The first-order valence-electron chi connectivity index (χ1n) is 37.9. The highest BCUT2D eigenvalue weighted by atomic mass is 32.2. The Kier molecular flexibility index (Phi) is 48.1. The van der Waals surface area contributed by atoms with Crippen LogP contribution in [-0.4, -0.2) is 342 Å². The molecule has 116 heavy (non-hydrogen) atoms. The molecule has 0 radical (unpaired) electrons. The molecular formula is C72H117N11O32S. The molecule has 21 atom stereocenters.